The molecule has 0 aliphatic rings. The second-order valence-corrected chi connectivity index (χ2v) is 13.0. The molecule has 1 aromatic heterocycles. The van der Waals surface area contributed by atoms with Crippen molar-refractivity contribution in [3.63, 3.8) is 0 Å². The number of benzene rings is 6. The van der Waals surface area contributed by atoms with Crippen LogP contribution in [-0.4, -0.2) is 4.92 Å². The SMILES string of the molecule is N#Cc1ccccc1SCc1ccccc1.N#Cc1ccccc1[N+](=O)[O-].Nc1c(-c2ccccc2)sc2ccccc12.SCc1ccccc1. The number of nitrogen functional groups attached to an aromatic ring is 1. The van der Waals surface area contributed by atoms with Gasteiger partial charge in [0.25, 0.3) is 5.69 Å². The fraction of sp³-hybridized carbons (Fsp3) is 0.0476. The zero-order valence-corrected chi connectivity index (χ0v) is 30.0. The minimum absolute atomic E-state index is 0.0949. The van der Waals surface area contributed by atoms with Crippen molar-refractivity contribution >= 4 is 57.2 Å². The number of thioether (sulfide) groups is 1. The summed E-state index contributed by atoms with van der Waals surface area (Å²) in [5.74, 6) is 1.74. The Kier molecular flexibility index (Phi) is 15.4. The standard InChI is InChI=1S/2C14H11NS.C7H4N2O2.C7H8S/c15-13-11-8-4-5-9-12(11)16-14(13)10-6-2-1-3-7-10;15-10-13-8-4-5-9-14(13)16-11-12-6-2-1-3-7-12;8-5-6-3-1-2-4-7(6)9(10)11;8-6-7-4-2-1-3-5-7/h1-9H,15H2;1-9H,11H2;1-4H;1-5,8H,6H2. The van der Waals surface area contributed by atoms with Crippen LogP contribution < -0.4 is 5.73 Å². The quantitative estimate of drug-likeness (QED) is 0.0764. The summed E-state index contributed by atoms with van der Waals surface area (Å²) in [6.45, 7) is 0. The maximum Gasteiger partial charge on any atom is 0.287 e. The first-order valence-electron chi connectivity index (χ1n) is 15.7. The van der Waals surface area contributed by atoms with Crippen LogP contribution in [0, 0.1) is 32.8 Å². The molecule has 0 radical (unpaired) electrons. The van der Waals surface area contributed by atoms with E-state index in [0.717, 1.165) is 33.0 Å². The second kappa shape index (κ2) is 20.6. The van der Waals surface area contributed by atoms with Gasteiger partial charge in [-0.15, -0.1) is 23.1 Å². The van der Waals surface area contributed by atoms with Crippen molar-refractivity contribution in [1.82, 2.24) is 0 Å². The van der Waals surface area contributed by atoms with E-state index in [2.05, 4.69) is 67.2 Å². The van der Waals surface area contributed by atoms with Gasteiger partial charge in [-0.1, -0.05) is 133 Å². The number of nitrogens with zero attached hydrogens (tertiary/aromatic N) is 3. The summed E-state index contributed by atoms with van der Waals surface area (Å²) in [5.41, 5.74) is 11.5. The van der Waals surface area contributed by atoms with Crippen LogP contribution in [0.4, 0.5) is 11.4 Å². The van der Waals surface area contributed by atoms with Crippen molar-refractivity contribution < 1.29 is 4.92 Å². The van der Waals surface area contributed by atoms with Gasteiger partial charge >= 0.3 is 0 Å². The number of para-hydroxylation sites is 1. The number of nitro benzene ring substituents is 1. The van der Waals surface area contributed by atoms with Gasteiger partial charge < -0.3 is 5.73 Å². The van der Waals surface area contributed by atoms with E-state index in [4.69, 9.17) is 16.3 Å². The van der Waals surface area contributed by atoms with Gasteiger partial charge in [-0.25, -0.2) is 0 Å². The number of thiophene rings is 1. The Morgan fingerprint density at radius 1 is 0.667 bits per heavy atom. The lowest BCUT2D eigenvalue weighted by molar-refractivity contribution is -0.385. The largest absolute Gasteiger partial charge is 0.397 e. The molecule has 0 unspecified atom stereocenters. The van der Waals surface area contributed by atoms with E-state index in [-0.39, 0.29) is 11.3 Å². The minimum Gasteiger partial charge on any atom is -0.397 e. The number of nitrogens with two attached hydrogens (primary N) is 1. The van der Waals surface area contributed by atoms with E-state index in [9.17, 15) is 10.1 Å². The van der Waals surface area contributed by atoms with Gasteiger partial charge in [0, 0.05) is 32.6 Å². The van der Waals surface area contributed by atoms with Crippen molar-refractivity contribution in [2.24, 2.45) is 0 Å². The predicted molar refractivity (Wildman–Crippen MR) is 216 cm³/mol. The van der Waals surface area contributed by atoms with Crippen molar-refractivity contribution in [3.05, 3.63) is 196 Å². The minimum atomic E-state index is -0.571. The number of nitro groups is 1. The van der Waals surface area contributed by atoms with Crippen LogP contribution in [0.25, 0.3) is 20.5 Å². The summed E-state index contributed by atoms with van der Waals surface area (Å²) < 4.78 is 1.25. The van der Waals surface area contributed by atoms with Crippen LogP contribution in [0.3, 0.4) is 0 Å². The number of anilines is 1. The molecule has 252 valence electrons. The van der Waals surface area contributed by atoms with Gasteiger partial charge in [-0.2, -0.15) is 23.2 Å². The maximum absolute atomic E-state index is 10.2. The first kappa shape index (κ1) is 38.0. The average molecular weight is 723 g/mol. The van der Waals surface area contributed by atoms with Crippen LogP contribution in [-0.2, 0) is 11.5 Å². The van der Waals surface area contributed by atoms with Crippen molar-refractivity contribution in [2.75, 3.05) is 5.73 Å². The molecule has 0 saturated carbocycles. The highest BCUT2D eigenvalue weighted by Crippen LogP contribution is 2.40. The Bertz CT molecular complexity index is 2210. The third-order valence-corrected chi connectivity index (χ3v) is 9.91. The molecule has 51 heavy (non-hydrogen) atoms. The molecule has 0 aliphatic carbocycles. The summed E-state index contributed by atoms with van der Waals surface area (Å²) in [4.78, 5) is 11.9. The topological polar surface area (TPSA) is 117 Å². The molecule has 0 amide bonds. The number of nitriles is 2. The van der Waals surface area contributed by atoms with Gasteiger partial charge in [0.05, 0.1) is 21.1 Å². The fourth-order valence-corrected chi connectivity index (χ4v) is 6.90. The maximum atomic E-state index is 10.2. The predicted octanol–water partition coefficient (Wildman–Crippen LogP) is 11.6. The Balaban J connectivity index is 0.000000158. The molecular weight excluding hydrogens is 689 g/mol. The van der Waals surface area contributed by atoms with Crippen LogP contribution in [0.1, 0.15) is 22.3 Å². The molecule has 0 fully saturated rings. The molecule has 0 saturated heterocycles. The van der Waals surface area contributed by atoms with Crippen molar-refractivity contribution in [1.29, 1.82) is 10.5 Å². The van der Waals surface area contributed by atoms with Gasteiger partial charge in [0.15, 0.2) is 0 Å². The summed E-state index contributed by atoms with van der Waals surface area (Å²) in [6, 6.07) is 56.5. The number of thiol groups is 1. The molecule has 0 spiro atoms. The van der Waals surface area contributed by atoms with E-state index in [0.29, 0.717) is 0 Å². The van der Waals surface area contributed by atoms with Crippen LogP contribution in [0.5, 0.6) is 0 Å². The molecule has 0 bridgehead atoms. The molecule has 7 aromatic rings. The molecular formula is C42H34N4O2S3. The van der Waals surface area contributed by atoms with Crippen molar-refractivity contribution in [3.8, 4) is 22.6 Å². The fourth-order valence-electron chi connectivity index (χ4n) is 4.60. The zero-order valence-electron chi connectivity index (χ0n) is 27.5. The van der Waals surface area contributed by atoms with Gasteiger partial charge in [0.2, 0.25) is 0 Å². The lowest BCUT2D eigenvalue weighted by Crippen LogP contribution is -1.90. The van der Waals surface area contributed by atoms with E-state index < -0.39 is 4.92 Å². The Hall–Kier alpha value is -5.84. The lowest BCUT2D eigenvalue weighted by atomic mass is 10.1. The van der Waals surface area contributed by atoms with Crippen LogP contribution in [0.15, 0.2) is 169 Å². The van der Waals surface area contributed by atoms with Gasteiger partial charge in [-0.05, 0) is 41.0 Å². The Labute approximate surface area is 312 Å². The molecule has 9 heteroatoms. The molecule has 2 N–H and O–H groups in total. The molecule has 7 rings (SSSR count). The second-order valence-electron chi connectivity index (χ2n) is 10.6. The first-order chi connectivity index (χ1) is 24.9. The smallest absolute Gasteiger partial charge is 0.287 e. The molecule has 0 aliphatic heterocycles. The number of rotatable bonds is 6. The highest BCUT2D eigenvalue weighted by molar-refractivity contribution is 7.98. The van der Waals surface area contributed by atoms with E-state index in [1.54, 1.807) is 35.2 Å². The van der Waals surface area contributed by atoms with Crippen LogP contribution >= 0.6 is 35.7 Å². The summed E-state index contributed by atoms with van der Waals surface area (Å²) in [7, 11) is 0. The molecule has 6 nitrogen and oxygen atoms in total. The number of fused-ring (bicyclic) bond motifs is 1. The van der Waals surface area contributed by atoms with E-state index in [1.807, 2.05) is 91.0 Å². The highest BCUT2D eigenvalue weighted by Gasteiger charge is 2.11. The Morgan fingerprint density at radius 2 is 1.18 bits per heavy atom. The molecule has 6 aromatic carbocycles. The first-order valence-corrected chi connectivity index (χ1v) is 18.1. The monoisotopic (exact) mass is 722 g/mol. The van der Waals surface area contributed by atoms with E-state index in [1.165, 1.54) is 44.5 Å². The highest BCUT2D eigenvalue weighted by atomic mass is 32.2. The molecule has 1 heterocycles. The van der Waals surface area contributed by atoms with Gasteiger partial charge in [0.1, 0.15) is 17.7 Å². The Morgan fingerprint density at radius 3 is 1.73 bits per heavy atom. The summed E-state index contributed by atoms with van der Waals surface area (Å²) >= 11 is 7.56. The molecule has 0 atom stereocenters. The number of hydrogen-bond acceptors (Lipinski definition) is 8. The van der Waals surface area contributed by atoms with Crippen LogP contribution in [0.2, 0.25) is 0 Å². The average Bonchev–Trinajstić information content (AvgIpc) is 3.54. The van der Waals surface area contributed by atoms with Gasteiger partial charge in [-0.3, -0.25) is 10.1 Å². The number of hydrogen-bond donors (Lipinski definition) is 2. The third kappa shape index (κ3) is 11.6. The third-order valence-electron chi connectivity index (χ3n) is 7.16. The zero-order chi connectivity index (χ0) is 36.3. The summed E-state index contributed by atoms with van der Waals surface area (Å²) in [6.07, 6.45) is 0. The normalized spacial score (nSPS) is 9.71. The summed E-state index contributed by atoms with van der Waals surface area (Å²) in [5, 5.41) is 28.8. The van der Waals surface area contributed by atoms with E-state index >= 15 is 0 Å². The lowest BCUT2D eigenvalue weighted by Gasteiger charge is -2.03. The van der Waals surface area contributed by atoms with Crippen molar-refractivity contribution in [2.45, 2.75) is 16.4 Å².